The molecule has 0 unspecified atom stereocenters. The topological polar surface area (TPSA) is 0 Å². The Balaban J connectivity index is 3.65. The van der Waals surface area contributed by atoms with Crippen molar-refractivity contribution in [2.24, 2.45) is 16.7 Å². The van der Waals surface area contributed by atoms with Gasteiger partial charge >= 0.3 is 0 Å². The largest absolute Gasteiger partial charge is 0.0654 e. The van der Waals surface area contributed by atoms with Gasteiger partial charge in [0, 0.05) is 0 Å². The van der Waals surface area contributed by atoms with E-state index in [9.17, 15) is 0 Å². The molecule has 0 aliphatic heterocycles. The molecule has 0 fully saturated rings. The smallest absolute Gasteiger partial charge is 0.0317 e. The van der Waals surface area contributed by atoms with Gasteiger partial charge in [0.2, 0.25) is 0 Å². The number of hydrogen-bond donors (Lipinski definition) is 0. The first-order valence-corrected chi connectivity index (χ1v) is 9.69. The Bertz CT molecular complexity index is 211. The summed E-state index contributed by atoms with van der Waals surface area (Å²) in [5.74, 6) is 0.832. The van der Waals surface area contributed by atoms with E-state index in [0.717, 1.165) is 5.92 Å². The van der Waals surface area contributed by atoms with E-state index in [-0.39, 0.29) is 0 Å². The van der Waals surface area contributed by atoms with Gasteiger partial charge in [-0.3, -0.25) is 0 Å². The van der Waals surface area contributed by atoms with E-state index in [0.29, 0.717) is 10.8 Å². The normalized spacial score (nSPS) is 13.1. The van der Waals surface area contributed by atoms with Crippen molar-refractivity contribution < 1.29 is 0 Å². The maximum absolute atomic E-state index is 2.42. The minimum Gasteiger partial charge on any atom is -0.0654 e. The van der Waals surface area contributed by atoms with Gasteiger partial charge in [0.25, 0.3) is 0 Å². The van der Waals surface area contributed by atoms with Gasteiger partial charge in [-0.2, -0.15) is 0 Å². The molecule has 0 aromatic rings. The fourth-order valence-corrected chi connectivity index (χ4v) is 4.00. The Hall–Kier alpha value is 0. The van der Waals surface area contributed by atoms with Crippen molar-refractivity contribution >= 4 is 0 Å². The molecular formula is C21H44. The van der Waals surface area contributed by atoms with Crippen LogP contribution in [0.1, 0.15) is 119 Å². The molecule has 0 saturated carbocycles. The predicted octanol–water partition coefficient (Wildman–Crippen LogP) is 8.01. The Labute approximate surface area is 136 Å². The lowest BCUT2D eigenvalue weighted by Crippen LogP contribution is -2.32. The van der Waals surface area contributed by atoms with Crippen molar-refractivity contribution in [3.63, 3.8) is 0 Å². The fraction of sp³-hybridized carbons (Fsp3) is 1.00. The zero-order valence-electron chi connectivity index (χ0n) is 16.4. The molecule has 0 heteroatoms. The zero-order chi connectivity index (χ0) is 16.4. The van der Waals surface area contributed by atoms with Crippen LogP contribution in [0.2, 0.25) is 0 Å². The Morgan fingerprint density at radius 3 is 1.19 bits per heavy atom. The first kappa shape index (κ1) is 21.0. The van der Waals surface area contributed by atoms with Gasteiger partial charge in [-0.15, -0.1) is 0 Å². The monoisotopic (exact) mass is 296 g/mol. The first-order valence-electron chi connectivity index (χ1n) is 9.69. The van der Waals surface area contributed by atoms with E-state index in [2.05, 4.69) is 48.5 Å². The highest BCUT2D eigenvalue weighted by Crippen LogP contribution is 2.43. The van der Waals surface area contributed by atoms with Crippen LogP contribution in [-0.2, 0) is 0 Å². The molecule has 0 nitrogen and oxygen atoms in total. The van der Waals surface area contributed by atoms with Gasteiger partial charge in [-0.05, 0) is 23.2 Å². The molecule has 0 radical (unpaired) electrons. The molecule has 0 spiro atoms. The highest BCUT2D eigenvalue weighted by molar-refractivity contribution is 4.83. The highest BCUT2D eigenvalue weighted by atomic mass is 14.4. The average Bonchev–Trinajstić information content (AvgIpc) is 2.32. The Morgan fingerprint density at radius 1 is 0.524 bits per heavy atom. The summed E-state index contributed by atoms with van der Waals surface area (Å²) in [6.07, 6.45) is 15.8. The minimum atomic E-state index is 0.442. The van der Waals surface area contributed by atoms with Crippen LogP contribution in [0.5, 0.6) is 0 Å². The van der Waals surface area contributed by atoms with E-state index in [4.69, 9.17) is 0 Å². The summed E-state index contributed by atoms with van der Waals surface area (Å²) in [4.78, 5) is 0. The van der Waals surface area contributed by atoms with E-state index in [1.54, 1.807) is 0 Å². The van der Waals surface area contributed by atoms with Crippen LogP contribution in [0.3, 0.4) is 0 Å². The third-order valence-corrected chi connectivity index (χ3v) is 4.94. The molecule has 21 heavy (non-hydrogen) atoms. The number of unbranched alkanes of at least 4 members (excludes halogenated alkanes) is 9. The van der Waals surface area contributed by atoms with Crippen molar-refractivity contribution in [3.8, 4) is 0 Å². The van der Waals surface area contributed by atoms with Crippen LogP contribution >= 0.6 is 0 Å². The van der Waals surface area contributed by atoms with Crippen molar-refractivity contribution in [3.05, 3.63) is 0 Å². The second kappa shape index (κ2) is 10.7. The van der Waals surface area contributed by atoms with Crippen LogP contribution in [0.25, 0.3) is 0 Å². The van der Waals surface area contributed by atoms with E-state index in [1.807, 2.05) is 0 Å². The SMILES string of the molecule is CCCCCCCCCCCCC(C(C)(C)C)C(C)(C)C. The summed E-state index contributed by atoms with van der Waals surface area (Å²) in [6.45, 7) is 16.8. The van der Waals surface area contributed by atoms with Crippen LogP contribution in [0, 0.1) is 16.7 Å². The lowest BCUT2D eigenvalue weighted by molar-refractivity contribution is 0.0898. The van der Waals surface area contributed by atoms with Gasteiger partial charge in [0.1, 0.15) is 0 Å². The molecule has 0 N–H and O–H groups in total. The maximum atomic E-state index is 2.42. The molecule has 0 atom stereocenters. The van der Waals surface area contributed by atoms with E-state index >= 15 is 0 Å². The Kier molecular flexibility index (Phi) is 10.7. The summed E-state index contributed by atoms with van der Waals surface area (Å²) in [5.41, 5.74) is 0.884. The third-order valence-electron chi connectivity index (χ3n) is 4.94. The molecule has 0 rings (SSSR count). The fourth-order valence-electron chi connectivity index (χ4n) is 4.00. The molecule has 0 bridgehead atoms. The minimum absolute atomic E-state index is 0.442. The molecule has 0 heterocycles. The molecule has 0 aliphatic rings. The first-order chi connectivity index (χ1) is 9.69. The Morgan fingerprint density at radius 2 is 0.857 bits per heavy atom. The van der Waals surface area contributed by atoms with Gasteiger partial charge in [-0.25, -0.2) is 0 Å². The van der Waals surface area contributed by atoms with Crippen LogP contribution in [0.4, 0.5) is 0 Å². The van der Waals surface area contributed by atoms with Crippen molar-refractivity contribution in [2.75, 3.05) is 0 Å². The standard InChI is InChI=1S/C21H44/c1-8-9-10-11-12-13-14-15-16-17-18-19(20(2,3)4)21(5,6)7/h19H,8-18H2,1-7H3. The summed E-state index contributed by atoms with van der Waals surface area (Å²) in [6, 6.07) is 0. The number of hydrogen-bond acceptors (Lipinski definition) is 0. The lowest BCUT2D eigenvalue weighted by Gasteiger charge is -2.41. The van der Waals surface area contributed by atoms with Crippen molar-refractivity contribution in [1.29, 1.82) is 0 Å². The lowest BCUT2D eigenvalue weighted by atomic mass is 9.65. The summed E-state index contributed by atoms with van der Waals surface area (Å²) in [7, 11) is 0. The molecule has 128 valence electrons. The van der Waals surface area contributed by atoms with Crippen molar-refractivity contribution in [1.82, 2.24) is 0 Å². The average molecular weight is 297 g/mol. The molecule has 0 aromatic heterocycles. The highest BCUT2D eigenvalue weighted by Gasteiger charge is 2.33. The molecule has 0 aromatic carbocycles. The van der Waals surface area contributed by atoms with Crippen LogP contribution in [-0.4, -0.2) is 0 Å². The van der Waals surface area contributed by atoms with Gasteiger partial charge in [0.05, 0.1) is 0 Å². The summed E-state index contributed by atoms with van der Waals surface area (Å²) in [5, 5.41) is 0. The van der Waals surface area contributed by atoms with Gasteiger partial charge < -0.3 is 0 Å². The van der Waals surface area contributed by atoms with Gasteiger partial charge in [0.15, 0.2) is 0 Å². The van der Waals surface area contributed by atoms with Crippen LogP contribution < -0.4 is 0 Å². The quantitative estimate of drug-likeness (QED) is 0.339. The molecule has 0 aliphatic carbocycles. The maximum Gasteiger partial charge on any atom is -0.0317 e. The molecular weight excluding hydrogens is 252 g/mol. The predicted molar refractivity (Wildman–Crippen MR) is 98.9 cm³/mol. The van der Waals surface area contributed by atoms with E-state index < -0.39 is 0 Å². The van der Waals surface area contributed by atoms with Crippen molar-refractivity contribution in [2.45, 2.75) is 119 Å². The second-order valence-electron chi connectivity index (χ2n) is 9.26. The van der Waals surface area contributed by atoms with Gasteiger partial charge in [-0.1, -0.05) is 113 Å². The second-order valence-corrected chi connectivity index (χ2v) is 9.26. The number of rotatable bonds is 11. The summed E-state index contributed by atoms with van der Waals surface area (Å²) >= 11 is 0. The third kappa shape index (κ3) is 11.2. The summed E-state index contributed by atoms with van der Waals surface area (Å²) < 4.78 is 0. The van der Waals surface area contributed by atoms with Crippen LogP contribution in [0.15, 0.2) is 0 Å². The zero-order valence-corrected chi connectivity index (χ0v) is 16.4. The van der Waals surface area contributed by atoms with E-state index in [1.165, 1.54) is 70.6 Å². The molecule has 0 saturated heterocycles. The molecule has 0 amide bonds.